The van der Waals surface area contributed by atoms with E-state index in [4.69, 9.17) is 0 Å². The van der Waals surface area contributed by atoms with E-state index < -0.39 is 0 Å². The molecule has 0 saturated heterocycles. The van der Waals surface area contributed by atoms with Crippen LogP contribution < -0.4 is 0 Å². The van der Waals surface area contributed by atoms with E-state index in [2.05, 4.69) is 103 Å². The summed E-state index contributed by atoms with van der Waals surface area (Å²) in [4.78, 5) is 0. The van der Waals surface area contributed by atoms with E-state index in [1.54, 1.807) is 0 Å². The van der Waals surface area contributed by atoms with Crippen molar-refractivity contribution in [2.45, 2.75) is 51.4 Å². The van der Waals surface area contributed by atoms with Crippen LogP contribution >= 0.6 is 38.5 Å². The molecule has 0 nitrogen and oxygen atoms in total. The Morgan fingerprint density at radius 1 is 0.818 bits per heavy atom. The van der Waals surface area contributed by atoms with Crippen molar-refractivity contribution in [1.82, 2.24) is 0 Å². The summed E-state index contributed by atoms with van der Waals surface area (Å²) < 4.78 is 2.41. The van der Waals surface area contributed by atoms with Crippen molar-refractivity contribution in [2.24, 2.45) is 0 Å². The van der Waals surface area contributed by atoms with Gasteiger partial charge in [0.2, 0.25) is 0 Å². The summed E-state index contributed by atoms with van der Waals surface area (Å²) >= 11 is 6.00. The Kier molecular flexibility index (Phi) is 4.22. The highest BCUT2D eigenvalue weighted by molar-refractivity contribution is 14.1. The number of hydrogen-bond acceptors (Lipinski definition) is 0. The minimum Gasteiger partial charge on any atom is -0.0576 e. The van der Waals surface area contributed by atoms with Crippen molar-refractivity contribution >= 4 is 38.5 Å². The van der Waals surface area contributed by atoms with Crippen molar-refractivity contribution in [2.75, 3.05) is 0 Å². The smallest absolute Gasteiger partial charge is 0.0191 e. The van der Waals surface area contributed by atoms with Gasteiger partial charge in [0, 0.05) is 8.04 Å². The standard InChI is InChI=1S/C20H22BrI/c1-19(2)7-8-20(3,4)18-11-13(5-6-17(18)19)14-9-15(21)12-16(22)10-14/h5-6,9-12H,7-8H2,1-4H3. The fourth-order valence-electron chi connectivity index (χ4n) is 3.49. The molecule has 22 heavy (non-hydrogen) atoms. The average Bonchev–Trinajstić information content (AvgIpc) is 2.43. The lowest BCUT2D eigenvalue weighted by Crippen LogP contribution is -2.33. The molecule has 1 aliphatic rings. The molecule has 0 saturated carbocycles. The van der Waals surface area contributed by atoms with Crippen molar-refractivity contribution in [1.29, 1.82) is 0 Å². The van der Waals surface area contributed by atoms with Gasteiger partial charge in [-0.1, -0.05) is 61.8 Å². The molecule has 0 aromatic heterocycles. The quantitative estimate of drug-likeness (QED) is 0.392. The Morgan fingerprint density at radius 2 is 1.45 bits per heavy atom. The summed E-state index contributed by atoms with van der Waals surface area (Å²) in [6.45, 7) is 9.52. The summed E-state index contributed by atoms with van der Waals surface area (Å²) in [6.07, 6.45) is 2.52. The monoisotopic (exact) mass is 468 g/mol. The van der Waals surface area contributed by atoms with Gasteiger partial charge in [0.05, 0.1) is 0 Å². The maximum absolute atomic E-state index is 3.62. The van der Waals surface area contributed by atoms with Crippen LogP contribution in [-0.4, -0.2) is 0 Å². The van der Waals surface area contributed by atoms with E-state index in [9.17, 15) is 0 Å². The van der Waals surface area contributed by atoms with E-state index in [-0.39, 0.29) is 10.8 Å². The molecular weight excluding hydrogens is 447 g/mol. The normalized spacial score (nSPS) is 18.8. The Balaban J connectivity index is 2.17. The summed E-state index contributed by atoms with van der Waals surface area (Å²) in [7, 11) is 0. The lowest BCUT2D eigenvalue weighted by Gasteiger charge is -2.42. The van der Waals surface area contributed by atoms with Gasteiger partial charge in [-0.05, 0) is 86.7 Å². The van der Waals surface area contributed by atoms with Gasteiger partial charge in [0.1, 0.15) is 0 Å². The highest BCUT2D eigenvalue weighted by Crippen LogP contribution is 2.46. The first-order valence-corrected chi connectivity index (χ1v) is 9.68. The fourth-order valence-corrected chi connectivity index (χ4v) is 5.08. The van der Waals surface area contributed by atoms with E-state index in [1.165, 1.54) is 38.7 Å². The summed E-state index contributed by atoms with van der Waals surface area (Å²) in [5.74, 6) is 0. The van der Waals surface area contributed by atoms with Crippen molar-refractivity contribution in [3.05, 3.63) is 55.6 Å². The third-order valence-corrected chi connectivity index (χ3v) is 6.13. The molecule has 0 heterocycles. The molecule has 0 N–H and O–H groups in total. The minimum atomic E-state index is 0.264. The van der Waals surface area contributed by atoms with Crippen LogP contribution in [0.25, 0.3) is 11.1 Å². The second-order valence-electron chi connectivity index (χ2n) is 7.69. The number of hydrogen-bond donors (Lipinski definition) is 0. The molecule has 0 bridgehead atoms. The molecule has 0 amide bonds. The molecule has 2 heteroatoms. The third-order valence-electron chi connectivity index (χ3n) is 5.05. The van der Waals surface area contributed by atoms with Crippen molar-refractivity contribution in [3.63, 3.8) is 0 Å². The van der Waals surface area contributed by atoms with Gasteiger partial charge in [-0.15, -0.1) is 0 Å². The molecule has 2 aromatic rings. The van der Waals surface area contributed by atoms with Crippen molar-refractivity contribution < 1.29 is 0 Å². The lowest BCUT2D eigenvalue weighted by molar-refractivity contribution is 0.332. The largest absolute Gasteiger partial charge is 0.0576 e. The van der Waals surface area contributed by atoms with Gasteiger partial charge < -0.3 is 0 Å². The maximum Gasteiger partial charge on any atom is 0.0191 e. The first kappa shape index (κ1) is 16.5. The zero-order valence-electron chi connectivity index (χ0n) is 13.6. The Hall–Kier alpha value is -0.350. The second-order valence-corrected chi connectivity index (χ2v) is 9.85. The maximum atomic E-state index is 3.62. The molecule has 3 rings (SSSR count). The molecule has 116 valence electrons. The molecule has 1 aliphatic carbocycles. The second kappa shape index (κ2) is 5.62. The van der Waals surface area contributed by atoms with Crippen LogP contribution in [0.2, 0.25) is 0 Å². The zero-order chi connectivity index (χ0) is 16.1. The fraction of sp³-hybridized carbons (Fsp3) is 0.400. The summed E-state index contributed by atoms with van der Waals surface area (Å²) in [5.41, 5.74) is 6.22. The van der Waals surface area contributed by atoms with Gasteiger partial charge in [-0.2, -0.15) is 0 Å². The molecular formula is C20H22BrI. The molecule has 0 aliphatic heterocycles. The number of benzene rings is 2. The Morgan fingerprint density at radius 3 is 2.09 bits per heavy atom. The highest BCUT2D eigenvalue weighted by atomic mass is 127. The highest BCUT2D eigenvalue weighted by Gasteiger charge is 2.36. The first-order valence-electron chi connectivity index (χ1n) is 7.81. The molecule has 0 spiro atoms. The van der Waals surface area contributed by atoms with Crippen LogP contribution in [0.15, 0.2) is 40.9 Å². The van der Waals surface area contributed by atoms with E-state index in [0.717, 1.165) is 4.47 Å². The topological polar surface area (TPSA) is 0 Å². The van der Waals surface area contributed by atoms with Crippen LogP contribution in [0, 0.1) is 3.57 Å². The van der Waals surface area contributed by atoms with Gasteiger partial charge in [0.25, 0.3) is 0 Å². The lowest BCUT2D eigenvalue weighted by atomic mass is 9.63. The number of rotatable bonds is 1. The van der Waals surface area contributed by atoms with E-state index >= 15 is 0 Å². The number of halogens is 2. The zero-order valence-corrected chi connectivity index (χ0v) is 17.4. The van der Waals surface area contributed by atoms with Crippen LogP contribution in [-0.2, 0) is 10.8 Å². The molecule has 0 fully saturated rings. The molecule has 0 atom stereocenters. The SMILES string of the molecule is CC1(C)CCC(C)(C)c2cc(-c3cc(Br)cc(I)c3)ccc21. The van der Waals surface area contributed by atoms with E-state index in [1.807, 2.05) is 0 Å². The summed E-state index contributed by atoms with van der Waals surface area (Å²) in [6, 6.07) is 13.7. The van der Waals surface area contributed by atoms with Gasteiger partial charge in [-0.3, -0.25) is 0 Å². The van der Waals surface area contributed by atoms with Crippen LogP contribution in [0.4, 0.5) is 0 Å². The Labute approximate surface area is 156 Å². The van der Waals surface area contributed by atoms with Crippen LogP contribution in [0.5, 0.6) is 0 Å². The average molecular weight is 469 g/mol. The van der Waals surface area contributed by atoms with Gasteiger partial charge in [0.15, 0.2) is 0 Å². The predicted octanol–water partition coefficient (Wildman–Crippen LogP) is 7.07. The molecule has 0 unspecified atom stereocenters. The number of fused-ring (bicyclic) bond motifs is 1. The minimum absolute atomic E-state index is 0.264. The van der Waals surface area contributed by atoms with E-state index in [0.29, 0.717) is 0 Å². The van der Waals surface area contributed by atoms with Crippen molar-refractivity contribution in [3.8, 4) is 11.1 Å². The Bertz CT molecular complexity index is 708. The molecule has 0 radical (unpaired) electrons. The third kappa shape index (κ3) is 3.01. The van der Waals surface area contributed by atoms with Gasteiger partial charge >= 0.3 is 0 Å². The first-order chi connectivity index (χ1) is 10.2. The van der Waals surface area contributed by atoms with Crippen LogP contribution in [0.3, 0.4) is 0 Å². The van der Waals surface area contributed by atoms with Crippen LogP contribution in [0.1, 0.15) is 51.7 Å². The molecule has 2 aromatic carbocycles. The van der Waals surface area contributed by atoms with Gasteiger partial charge in [-0.25, -0.2) is 0 Å². The summed E-state index contributed by atoms with van der Waals surface area (Å²) in [5, 5.41) is 0. The predicted molar refractivity (Wildman–Crippen MR) is 108 cm³/mol.